The van der Waals surface area contributed by atoms with E-state index in [-0.39, 0.29) is 24.4 Å². The van der Waals surface area contributed by atoms with Gasteiger partial charge in [-0.25, -0.2) is 0 Å². The van der Waals surface area contributed by atoms with Crippen molar-refractivity contribution in [2.24, 2.45) is 5.92 Å². The van der Waals surface area contributed by atoms with Crippen molar-refractivity contribution in [2.45, 2.75) is 32.8 Å². The van der Waals surface area contributed by atoms with Crippen LogP contribution in [0.5, 0.6) is 0 Å². The summed E-state index contributed by atoms with van der Waals surface area (Å²) >= 11 is 4.79. The average molecular weight is 268 g/mol. The predicted molar refractivity (Wildman–Crippen MR) is 68.3 cm³/mol. The van der Waals surface area contributed by atoms with Crippen LogP contribution in [0.2, 0.25) is 0 Å². The Morgan fingerprint density at radius 1 is 1.56 bits per heavy atom. The van der Waals surface area contributed by atoms with Crippen molar-refractivity contribution in [2.75, 3.05) is 20.4 Å². The molecule has 0 bridgehead atoms. The molecule has 0 saturated carbocycles. The maximum absolute atomic E-state index is 11.4. The molecule has 0 amide bonds. The highest BCUT2D eigenvalue weighted by Gasteiger charge is 2.21. The SMILES string of the molecule is CCC(=O)C[C@H](COP(C)(O)=S)[C@@H](C)OC. The van der Waals surface area contributed by atoms with Crippen molar-refractivity contribution in [3.8, 4) is 0 Å². The largest absolute Gasteiger partial charge is 0.381 e. The number of ketones is 1. The van der Waals surface area contributed by atoms with Crippen LogP contribution >= 0.6 is 6.49 Å². The van der Waals surface area contributed by atoms with Gasteiger partial charge in [0, 0.05) is 32.5 Å². The van der Waals surface area contributed by atoms with Crippen LogP contribution < -0.4 is 0 Å². The lowest BCUT2D eigenvalue weighted by Gasteiger charge is -2.23. The van der Waals surface area contributed by atoms with E-state index in [1.54, 1.807) is 7.11 Å². The molecule has 1 N–H and O–H groups in total. The zero-order valence-corrected chi connectivity index (χ0v) is 12.0. The van der Waals surface area contributed by atoms with Crippen molar-refractivity contribution >= 4 is 24.1 Å². The average Bonchev–Trinajstić information content (AvgIpc) is 2.21. The molecule has 3 atom stereocenters. The van der Waals surface area contributed by atoms with E-state index in [1.165, 1.54) is 6.66 Å². The molecule has 0 aromatic heterocycles. The molecule has 4 nitrogen and oxygen atoms in total. The third kappa shape index (κ3) is 7.47. The van der Waals surface area contributed by atoms with Crippen LogP contribution in [0.1, 0.15) is 26.7 Å². The molecule has 0 heterocycles. The third-order valence-corrected chi connectivity index (χ3v) is 3.39. The lowest BCUT2D eigenvalue weighted by atomic mass is 9.97. The van der Waals surface area contributed by atoms with Crippen molar-refractivity contribution in [3.05, 3.63) is 0 Å². The topological polar surface area (TPSA) is 55.8 Å². The van der Waals surface area contributed by atoms with Crippen molar-refractivity contribution < 1.29 is 18.9 Å². The second-order valence-electron chi connectivity index (χ2n) is 3.90. The molecular formula is C10H21O4PS. The number of carbonyl (C=O) groups excluding carboxylic acids is 1. The molecule has 0 radical (unpaired) electrons. The minimum absolute atomic E-state index is 0.0492. The zero-order chi connectivity index (χ0) is 12.8. The summed E-state index contributed by atoms with van der Waals surface area (Å²) in [4.78, 5) is 20.8. The predicted octanol–water partition coefficient (Wildman–Crippen LogP) is 1.95. The molecule has 0 aromatic carbocycles. The van der Waals surface area contributed by atoms with E-state index in [0.717, 1.165) is 0 Å². The van der Waals surface area contributed by atoms with Gasteiger partial charge >= 0.3 is 0 Å². The summed E-state index contributed by atoms with van der Waals surface area (Å²) in [5.74, 6) is 0.117. The first-order valence-electron chi connectivity index (χ1n) is 5.29. The summed E-state index contributed by atoms with van der Waals surface area (Å²) in [7, 11) is 1.59. The normalized spacial score (nSPS) is 18.8. The molecule has 0 saturated heterocycles. The molecule has 0 aliphatic rings. The molecule has 0 aliphatic heterocycles. The molecular weight excluding hydrogens is 247 g/mol. The first-order chi connectivity index (χ1) is 7.30. The molecule has 1 unspecified atom stereocenters. The van der Waals surface area contributed by atoms with Gasteiger partial charge in [-0.15, -0.1) is 0 Å². The van der Waals surface area contributed by atoms with E-state index in [1.807, 2.05) is 13.8 Å². The van der Waals surface area contributed by atoms with E-state index in [0.29, 0.717) is 12.8 Å². The van der Waals surface area contributed by atoms with Gasteiger partial charge in [0.25, 0.3) is 0 Å². The van der Waals surface area contributed by atoms with E-state index < -0.39 is 6.49 Å². The van der Waals surface area contributed by atoms with Crippen molar-refractivity contribution in [1.82, 2.24) is 0 Å². The Morgan fingerprint density at radius 3 is 2.50 bits per heavy atom. The lowest BCUT2D eigenvalue weighted by Crippen LogP contribution is -2.26. The first kappa shape index (κ1) is 16.2. The summed E-state index contributed by atoms with van der Waals surface area (Å²) in [5, 5.41) is 0. The Morgan fingerprint density at radius 2 is 2.12 bits per heavy atom. The van der Waals surface area contributed by atoms with Crippen LogP contribution in [0.25, 0.3) is 0 Å². The second-order valence-corrected chi connectivity index (χ2v) is 7.79. The van der Waals surface area contributed by atoms with E-state index in [2.05, 4.69) is 0 Å². The Hall–Kier alpha value is 0.200. The third-order valence-electron chi connectivity index (χ3n) is 2.45. The summed E-state index contributed by atoms with van der Waals surface area (Å²) in [6.07, 6.45) is 0.824. The van der Waals surface area contributed by atoms with Crippen LogP contribution in [0, 0.1) is 5.92 Å². The summed E-state index contributed by atoms with van der Waals surface area (Å²) < 4.78 is 10.4. The van der Waals surface area contributed by atoms with Gasteiger partial charge in [-0.1, -0.05) is 6.92 Å². The Labute approximate surface area is 102 Å². The van der Waals surface area contributed by atoms with E-state index in [9.17, 15) is 9.69 Å². The highest BCUT2D eigenvalue weighted by Crippen LogP contribution is 2.38. The van der Waals surface area contributed by atoms with E-state index >= 15 is 0 Å². The van der Waals surface area contributed by atoms with Crippen molar-refractivity contribution in [1.29, 1.82) is 0 Å². The van der Waals surface area contributed by atoms with Crippen LogP contribution in [-0.2, 0) is 25.9 Å². The first-order valence-corrected chi connectivity index (χ1v) is 8.41. The number of hydrogen-bond donors (Lipinski definition) is 1. The molecule has 0 aromatic rings. The smallest absolute Gasteiger partial charge is 0.183 e. The van der Waals surface area contributed by atoms with Gasteiger partial charge in [-0.2, -0.15) is 0 Å². The fraction of sp³-hybridized carbons (Fsp3) is 0.900. The Balaban J connectivity index is 4.32. The summed E-state index contributed by atoms with van der Waals surface area (Å²) in [5.41, 5.74) is 0. The maximum atomic E-state index is 11.4. The van der Waals surface area contributed by atoms with Crippen LogP contribution in [0.3, 0.4) is 0 Å². The standard InChI is InChI=1S/C10H21O4PS/c1-5-10(11)6-9(8(2)13-3)7-14-15(4,12)16/h8-9H,5-7H2,1-4H3,(H,12,16)/t8-,9-,15?/m1/s1. The second kappa shape index (κ2) is 7.51. The van der Waals surface area contributed by atoms with Crippen LogP contribution in [-0.4, -0.2) is 37.2 Å². The fourth-order valence-electron chi connectivity index (χ4n) is 1.22. The number of hydrogen-bond acceptors (Lipinski definition) is 4. The molecule has 0 aliphatic carbocycles. The molecule has 0 spiro atoms. The summed E-state index contributed by atoms with van der Waals surface area (Å²) in [6, 6.07) is 0. The van der Waals surface area contributed by atoms with Crippen molar-refractivity contribution in [3.63, 3.8) is 0 Å². The van der Waals surface area contributed by atoms with Gasteiger partial charge in [0.2, 0.25) is 0 Å². The molecule has 96 valence electrons. The number of rotatable bonds is 8. The number of carbonyl (C=O) groups is 1. The zero-order valence-electron chi connectivity index (χ0n) is 10.3. The minimum atomic E-state index is -2.66. The number of methoxy groups -OCH3 is 1. The quantitative estimate of drug-likeness (QED) is 0.682. The van der Waals surface area contributed by atoms with Gasteiger partial charge in [-0.3, -0.25) is 4.79 Å². The monoisotopic (exact) mass is 268 g/mol. The summed E-state index contributed by atoms with van der Waals surface area (Å²) in [6.45, 7) is 2.82. The van der Waals surface area contributed by atoms with Gasteiger partial charge < -0.3 is 14.2 Å². The molecule has 6 heteroatoms. The van der Waals surface area contributed by atoms with Gasteiger partial charge in [0.15, 0.2) is 6.49 Å². The van der Waals surface area contributed by atoms with Crippen LogP contribution in [0.15, 0.2) is 0 Å². The van der Waals surface area contributed by atoms with Gasteiger partial charge in [-0.05, 0) is 18.7 Å². The van der Waals surface area contributed by atoms with Crippen LogP contribution in [0.4, 0.5) is 0 Å². The van der Waals surface area contributed by atoms with Gasteiger partial charge in [0.05, 0.1) is 12.7 Å². The maximum Gasteiger partial charge on any atom is 0.183 e. The lowest BCUT2D eigenvalue weighted by molar-refractivity contribution is -0.121. The Kier molecular flexibility index (Phi) is 7.61. The minimum Gasteiger partial charge on any atom is -0.381 e. The molecule has 0 rings (SSSR count). The molecule has 0 fully saturated rings. The highest BCUT2D eigenvalue weighted by molar-refractivity contribution is 8.09. The fourth-order valence-corrected chi connectivity index (χ4v) is 1.87. The van der Waals surface area contributed by atoms with E-state index in [4.69, 9.17) is 21.1 Å². The number of Topliss-reactive ketones (excluding diaryl/α,β-unsaturated/α-hetero) is 1. The number of ether oxygens (including phenoxy) is 1. The highest BCUT2D eigenvalue weighted by atomic mass is 32.5. The van der Waals surface area contributed by atoms with Gasteiger partial charge in [0.1, 0.15) is 5.78 Å². The molecule has 16 heavy (non-hydrogen) atoms. The Bertz CT molecular complexity index is 264.